The molecule has 1 heterocycles. The van der Waals surface area contributed by atoms with Crippen LogP contribution in [-0.2, 0) is 0 Å². The Balaban J connectivity index is 2.19. The van der Waals surface area contributed by atoms with Crippen LogP contribution in [0.25, 0.3) is 0 Å². The first-order chi connectivity index (χ1) is 8.77. The van der Waals surface area contributed by atoms with Crippen LogP contribution >= 0.6 is 27.7 Å². The summed E-state index contributed by atoms with van der Waals surface area (Å²) in [5.74, 6) is 2.45. The van der Waals surface area contributed by atoms with Crippen molar-refractivity contribution in [2.24, 2.45) is 0 Å². The highest BCUT2D eigenvalue weighted by Gasteiger charge is 2.03. The van der Waals surface area contributed by atoms with Gasteiger partial charge in [-0.25, -0.2) is 4.98 Å². The number of methoxy groups -OCH3 is 1. The molecule has 1 N–H and O–H groups in total. The minimum atomic E-state index is 0.562. The Kier molecular flexibility index (Phi) is 8.17. The van der Waals surface area contributed by atoms with Gasteiger partial charge < -0.3 is 10.1 Å². The molecule has 6 heteroatoms. The largest absolute Gasteiger partial charge is 0.480 e. The minimum Gasteiger partial charge on any atom is -0.480 e. The van der Waals surface area contributed by atoms with Gasteiger partial charge in [0.1, 0.15) is 0 Å². The molecule has 18 heavy (non-hydrogen) atoms. The van der Waals surface area contributed by atoms with Gasteiger partial charge in [-0.3, -0.25) is 0 Å². The van der Waals surface area contributed by atoms with Crippen molar-refractivity contribution < 1.29 is 4.74 Å². The van der Waals surface area contributed by atoms with Gasteiger partial charge in [0.2, 0.25) is 11.8 Å². The van der Waals surface area contributed by atoms with E-state index in [1.807, 2.05) is 11.8 Å². The van der Waals surface area contributed by atoms with E-state index >= 15 is 0 Å². The van der Waals surface area contributed by atoms with Crippen LogP contribution < -0.4 is 10.1 Å². The normalized spacial score (nSPS) is 10.4. The van der Waals surface area contributed by atoms with Crippen LogP contribution in [0.15, 0.2) is 10.7 Å². The molecule has 0 atom stereocenters. The van der Waals surface area contributed by atoms with Crippen LogP contribution in [0.4, 0.5) is 5.95 Å². The molecule has 1 aromatic heterocycles. The van der Waals surface area contributed by atoms with Gasteiger partial charge in [0.25, 0.3) is 0 Å². The summed E-state index contributed by atoms with van der Waals surface area (Å²) in [7, 11) is 1.60. The SMILES string of the molecule is COc1nc(NCCCCCCSC)ncc1Br. The number of unbranched alkanes of at least 4 members (excludes halogenated alkanes) is 3. The van der Waals surface area contributed by atoms with Gasteiger partial charge in [0.15, 0.2) is 0 Å². The Morgan fingerprint density at radius 2 is 2.11 bits per heavy atom. The molecule has 0 spiro atoms. The fraction of sp³-hybridized carbons (Fsp3) is 0.667. The van der Waals surface area contributed by atoms with Gasteiger partial charge in [0, 0.05) is 6.54 Å². The third-order valence-corrected chi connectivity index (χ3v) is 3.70. The summed E-state index contributed by atoms with van der Waals surface area (Å²) < 4.78 is 5.89. The molecule has 0 aliphatic heterocycles. The summed E-state index contributed by atoms with van der Waals surface area (Å²) >= 11 is 5.24. The second-order valence-electron chi connectivity index (χ2n) is 3.88. The number of nitrogens with zero attached hydrogens (tertiary/aromatic N) is 2. The molecule has 4 nitrogen and oxygen atoms in total. The van der Waals surface area contributed by atoms with Crippen molar-refractivity contribution in [2.45, 2.75) is 25.7 Å². The smallest absolute Gasteiger partial charge is 0.232 e. The molecule has 102 valence electrons. The van der Waals surface area contributed by atoms with E-state index in [0.29, 0.717) is 11.8 Å². The molecule has 0 bridgehead atoms. The van der Waals surface area contributed by atoms with E-state index in [9.17, 15) is 0 Å². The lowest BCUT2D eigenvalue weighted by Crippen LogP contribution is -2.06. The van der Waals surface area contributed by atoms with Crippen LogP contribution in [-0.4, -0.2) is 35.6 Å². The van der Waals surface area contributed by atoms with Crippen molar-refractivity contribution in [3.63, 3.8) is 0 Å². The zero-order chi connectivity index (χ0) is 13.2. The molecule has 1 aromatic rings. The van der Waals surface area contributed by atoms with E-state index in [0.717, 1.165) is 17.4 Å². The number of aromatic nitrogens is 2. The maximum Gasteiger partial charge on any atom is 0.232 e. The zero-order valence-electron chi connectivity index (χ0n) is 10.9. The second kappa shape index (κ2) is 9.44. The summed E-state index contributed by atoms with van der Waals surface area (Å²) in [6, 6.07) is 0. The molecule has 0 aromatic carbocycles. The highest BCUT2D eigenvalue weighted by Crippen LogP contribution is 2.21. The van der Waals surface area contributed by atoms with Crippen LogP contribution in [0, 0.1) is 0 Å². The standard InChI is InChI=1S/C12H20BrN3OS/c1-17-11-10(13)9-15-12(16-11)14-7-5-3-4-6-8-18-2/h9H,3-8H2,1-2H3,(H,14,15,16). The van der Waals surface area contributed by atoms with E-state index in [4.69, 9.17) is 4.74 Å². The summed E-state index contributed by atoms with van der Waals surface area (Å²) in [6.07, 6.45) is 8.86. The van der Waals surface area contributed by atoms with Crippen LogP contribution in [0.3, 0.4) is 0 Å². The lowest BCUT2D eigenvalue weighted by atomic mass is 10.2. The monoisotopic (exact) mass is 333 g/mol. The van der Waals surface area contributed by atoms with Crippen molar-refractivity contribution in [1.82, 2.24) is 9.97 Å². The Hall–Kier alpha value is -0.490. The molecule has 0 radical (unpaired) electrons. The molecule has 0 unspecified atom stereocenters. The summed E-state index contributed by atoms with van der Waals surface area (Å²) in [5.41, 5.74) is 0. The molecule has 0 amide bonds. The van der Waals surface area contributed by atoms with E-state index in [-0.39, 0.29) is 0 Å². The lowest BCUT2D eigenvalue weighted by Gasteiger charge is -2.07. The Bertz CT molecular complexity index is 352. The van der Waals surface area contributed by atoms with Crippen molar-refractivity contribution in [2.75, 3.05) is 31.0 Å². The van der Waals surface area contributed by atoms with Gasteiger partial charge >= 0.3 is 0 Å². The summed E-state index contributed by atoms with van der Waals surface area (Å²) in [6.45, 7) is 0.907. The fourth-order valence-corrected chi connectivity index (χ4v) is 2.35. The van der Waals surface area contributed by atoms with Crippen LogP contribution in [0.2, 0.25) is 0 Å². The topological polar surface area (TPSA) is 47.0 Å². The number of hydrogen-bond donors (Lipinski definition) is 1. The molecule has 0 saturated carbocycles. The van der Waals surface area contributed by atoms with Crippen LogP contribution in [0.1, 0.15) is 25.7 Å². The molecular formula is C12H20BrN3OS. The van der Waals surface area contributed by atoms with E-state index in [1.54, 1.807) is 13.3 Å². The predicted octanol–water partition coefficient (Wildman–Crippen LogP) is 3.58. The lowest BCUT2D eigenvalue weighted by molar-refractivity contribution is 0.394. The number of halogens is 1. The Morgan fingerprint density at radius 3 is 2.83 bits per heavy atom. The molecule has 0 fully saturated rings. The quantitative estimate of drug-likeness (QED) is 0.700. The Labute approximate surface area is 121 Å². The number of ether oxygens (including phenoxy) is 1. The molecule has 0 aliphatic rings. The minimum absolute atomic E-state index is 0.562. The summed E-state index contributed by atoms with van der Waals surface area (Å²) in [4.78, 5) is 8.43. The highest BCUT2D eigenvalue weighted by molar-refractivity contribution is 9.10. The van der Waals surface area contributed by atoms with Gasteiger partial charge in [-0.1, -0.05) is 12.8 Å². The number of nitrogens with one attached hydrogen (secondary N) is 1. The molecule has 1 rings (SSSR count). The van der Waals surface area contributed by atoms with Crippen molar-refractivity contribution in [3.8, 4) is 5.88 Å². The first-order valence-electron chi connectivity index (χ1n) is 6.07. The van der Waals surface area contributed by atoms with E-state index in [2.05, 4.69) is 37.5 Å². The predicted molar refractivity (Wildman–Crippen MR) is 81.6 cm³/mol. The van der Waals surface area contributed by atoms with Crippen molar-refractivity contribution in [1.29, 1.82) is 0 Å². The maximum absolute atomic E-state index is 5.12. The highest BCUT2D eigenvalue weighted by atomic mass is 79.9. The van der Waals surface area contributed by atoms with Gasteiger partial charge in [-0.05, 0) is 40.8 Å². The number of rotatable bonds is 9. The first-order valence-corrected chi connectivity index (χ1v) is 8.26. The average molecular weight is 334 g/mol. The van der Waals surface area contributed by atoms with Crippen molar-refractivity contribution in [3.05, 3.63) is 10.7 Å². The number of hydrogen-bond acceptors (Lipinski definition) is 5. The Morgan fingerprint density at radius 1 is 1.33 bits per heavy atom. The maximum atomic E-state index is 5.12. The number of anilines is 1. The second-order valence-corrected chi connectivity index (χ2v) is 5.72. The third-order valence-electron chi connectivity index (χ3n) is 2.46. The third kappa shape index (κ3) is 5.91. The van der Waals surface area contributed by atoms with Crippen molar-refractivity contribution >= 4 is 33.6 Å². The van der Waals surface area contributed by atoms with Crippen LogP contribution in [0.5, 0.6) is 5.88 Å². The molecule has 0 saturated heterocycles. The first kappa shape index (κ1) is 15.6. The fourth-order valence-electron chi connectivity index (χ4n) is 1.50. The molecule has 0 aliphatic carbocycles. The van der Waals surface area contributed by atoms with Gasteiger partial charge in [-0.2, -0.15) is 16.7 Å². The average Bonchev–Trinajstić information content (AvgIpc) is 2.39. The van der Waals surface area contributed by atoms with E-state index in [1.165, 1.54) is 25.0 Å². The molecular weight excluding hydrogens is 314 g/mol. The zero-order valence-corrected chi connectivity index (χ0v) is 13.3. The van der Waals surface area contributed by atoms with E-state index < -0.39 is 0 Å². The number of thioether (sulfide) groups is 1. The van der Waals surface area contributed by atoms with Gasteiger partial charge in [0.05, 0.1) is 17.8 Å². The van der Waals surface area contributed by atoms with Gasteiger partial charge in [-0.15, -0.1) is 0 Å². The summed E-state index contributed by atoms with van der Waals surface area (Å²) in [5, 5.41) is 3.21.